The van der Waals surface area contributed by atoms with Crippen LogP contribution >= 0.6 is 0 Å². The number of nitrogens with zero attached hydrogens (tertiary/aromatic N) is 3. The Morgan fingerprint density at radius 2 is 1.62 bits per heavy atom. The number of carbonyl (C=O) groups excluding carboxylic acids is 1. The average Bonchev–Trinajstić information content (AvgIpc) is 3.28. The zero-order valence-electron chi connectivity index (χ0n) is 22.4. The van der Waals surface area contributed by atoms with E-state index in [1.807, 2.05) is 80.2 Å². The minimum absolute atomic E-state index is 0.167. The molecule has 0 aliphatic carbocycles. The van der Waals surface area contributed by atoms with Crippen LogP contribution in [0, 0.1) is 13.8 Å². The maximum absolute atomic E-state index is 14.0. The maximum atomic E-state index is 14.0. The molecule has 37 heavy (non-hydrogen) atoms. The molecule has 0 spiro atoms. The summed E-state index contributed by atoms with van der Waals surface area (Å²) in [6.45, 7) is 6.51. The number of ether oxygens (including phenoxy) is 1. The standard InChI is InChI=1S/C30H36N4O3/c1-6-7-9-17-24-28(27-20(2)32(4)34(30(27)36)23-15-10-8-11-16-23)26(29(31)35)21(3)33(24)19-22-14-12-13-18-25(22)37-5/h8,10-16,18H,6-7,9,17,19H2,1-5H3,(H2,31,35). The van der Waals surface area contributed by atoms with Crippen LogP contribution in [0.3, 0.4) is 0 Å². The van der Waals surface area contributed by atoms with Crippen molar-refractivity contribution in [3.05, 3.63) is 93.2 Å². The molecular formula is C30H36N4O3. The molecule has 0 bridgehead atoms. The van der Waals surface area contributed by atoms with E-state index in [0.717, 1.165) is 59.8 Å². The molecule has 0 fully saturated rings. The van der Waals surface area contributed by atoms with E-state index in [4.69, 9.17) is 10.5 Å². The van der Waals surface area contributed by atoms with E-state index in [9.17, 15) is 9.59 Å². The Morgan fingerprint density at radius 1 is 0.946 bits per heavy atom. The van der Waals surface area contributed by atoms with Gasteiger partial charge in [0.25, 0.3) is 11.5 Å². The molecule has 194 valence electrons. The van der Waals surface area contributed by atoms with Crippen molar-refractivity contribution in [2.24, 2.45) is 12.8 Å². The van der Waals surface area contributed by atoms with Crippen molar-refractivity contribution in [1.82, 2.24) is 13.9 Å². The number of methoxy groups -OCH3 is 1. The van der Waals surface area contributed by atoms with Gasteiger partial charge >= 0.3 is 0 Å². The number of hydrogen-bond donors (Lipinski definition) is 1. The minimum atomic E-state index is -0.531. The predicted molar refractivity (Wildman–Crippen MR) is 148 cm³/mol. The van der Waals surface area contributed by atoms with Gasteiger partial charge in [-0.15, -0.1) is 0 Å². The smallest absolute Gasteiger partial charge is 0.279 e. The van der Waals surface area contributed by atoms with Gasteiger partial charge in [0.1, 0.15) is 5.75 Å². The van der Waals surface area contributed by atoms with Gasteiger partial charge in [-0.3, -0.25) is 14.3 Å². The van der Waals surface area contributed by atoms with Gasteiger partial charge in [0, 0.05) is 35.3 Å². The van der Waals surface area contributed by atoms with Gasteiger partial charge in [-0.25, -0.2) is 4.68 Å². The van der Waals surface area contributed by atoms with Crippen LogP contribution < -0.4 is 16.0 Å². The summed E-state index contributed by atoms with van der Waals surface area (Å²) in [6, 6.07) is 17.4. The van der Waals surface area contributed by atoms with Crippen molar-refractivity contribution in [3.63, 3.8) is 0 Å². The van der Waals surface area contributed by atoms with E-state index in [2.05, 4.69) is 11.5 Å². The SMILES string of the molecule is CCCCCc1c(-c2c(C)n(C)n(-c3ccccc3)c2=O)c(C(N)=O)c(C)n1Cc1ccccc1OC. The number of nitrogens with two attached hydrogens (primary N) is 1. The number of amides is 1. The number of primary amides is 1. The van der Waals surface area contributed by atoms with Gasteiger partial charge in [0.05, 0.1) is 30.5 Å². The Balaban J connectivity index is 2.02. The second-order valence-corrected chi connectivity index (χ2v) is 9.44. The highest BCUT2D eigenvalue weighted by Gasteiger charge is 2.30. The number of carbonyl (C=O) groups is 1. The lowest BCUT2D eigenvalue weighted by Gasteiger charge is -2.15. The lowest BCUT2D eigenvalue weighted by atomic mass is 9.97. The predicted octanol–water partition coefficient (Wildman–Crippen LogP) is 5.15. The molecule has 2 N–H and O–H groups in total. The molecule has 2 aromatic carbocycles. The van der Waals surface area contributed by atoms with E-state index >= 15 is 0 Å². The Labute approximate surface area is 218 Å². The molecule has 0 radical (unpaired) electrons. The molecule has 0 aliphatic heterocycles. The molecule has 0 unspecified atom stereocenters. The zero-order chi connectivity index (χ0) is 26.7. The van der Waals surface area contributed by atoms with Crippen molar-refractivity contribution < 1.29 is 9.53 Å². The fourth-order valence-electron chi connectivity index (χ4n) is 5.24. The van der Waals surface area contributed by atoms with Gasteiger partial charge in [-0.2, -0.15) is 0 Å². The first-order valence-electron chi connectivity index (χ1n) is 12.8. The van der Waals surface area contributed by atoms with Gasteiger partial charge in [-0.05, 0) is 44.9 Å². The number of para-hydroxylation sites is 2. The maximum Gasteiger partial charge on any atom is 0.279 e. The molecule has 1 amide bonds. The second-order valence-electron chi connectivity index (χ2n) is 9.44. The number of aromatic nitrogens is 3. The van der Waals surface area contributed by atoms with Crippen molar-refractivity contribution in [3.8, 4) is 22.6 Å². The summed E-state index contributed by atoms with van der Waals surface area (Å²) in [5.74, 6) is 0.247. The van der Waals surface area contributed by atoms with Crippen LogP contribution in [0.2, 0.25) is 0 Å². The highest BCUT2D eigenvalue weighted by Crippen LogP contribution is 2.36. The van der Waals surface area contributed by atoms with Crippen LogP contribution in [0.15, 0.2) is 59.4 Å². The molecule has 0 saturated carbocycles. The Bertz CT molecular complexity index is 1470. The third-order valence-electron chi connectivity index (χ3n) is 7.22. The highest BCUT2D eigenvalue weighted by atomic mass is 16.5. The van der Waals surface area contributed by atoms with Crippen LogP contribution in [0.4, 0.5) is 0 Å². The second kappa shape index (κ2) is 10.9. The molecule has 0 saturated heterocycles. The first kappa shape index (κ1) is 26.1. The number of benzene rings is 2. The Morgan fingerprint density at radius 3 is 2.27 bits per heavy atom. The normalized spacial score (nSPS) is 11.2. The summed E-state index contributed by atoms with van der Waals surface area (Å²) >= 11 is 0. The minimum Gasteiger partial charge on any atom is -0.496 e. The summed E-state index contributed by atoms with van der Waals surface area (Å²) in [6.07, 6.45) is 3.78. The molecule has 4 aromatic rings. The van der Waals surface area contributed by atoms with Crippen LogP contribution in [0.25, 0.3) is 16.8 Å². The molecule has 0 aliphatic rings. The van der Waals surface area contributed by atoms with E-state index in [1.54, 1.807) is 11.8 Å². The van der Waals surface area contributed by atoms with E-state index in [0.29, 0.717) is 23.2 Å². The van der Waals surface area contributed by atoms with Gasteiger partial charge in [-0.1, -0.05) is 56.2 Å². The third kappa shape index (κ3) is 4.73. The fourth-order valence-corrected chi connectivity index (χ4v) is 5.24. The van der Waals surface area contributed by atoms with Crippen LogP contribution in [0.5, 0.6) is 5.75 Å². The highest BCUT2D eigenvalue weighted by molar-refractivity contribution is 6.02. The molecule has 4 rings (SSSR count). The summed E-state index contributed by atoms with van der Waals surface area (Å²) in [4.78, 5) is 26.9. The molecule has 7 nitrogen and oxygen atoms in total. The number of rotatable bonds is 10. The molecule has 0 atom stereocenters. The van der Waals surface area contributed by atoms with Crippen molar-refractivity contribution in [2.45, 2.75) is 53.0 Å². The molecule has 2 aromatic heterocycles. The zero-order valence-corrected chi connectivity index (χ0v) is 22.4. The summed E-state index contributed by atoms with van der Waals surface area (Å²) in [5, 5.41) is 0. The Hall–Kier alpha value is -4.00. The number of hydrogen-bond acceptors (Lipinski definition) is 3. The lowest BCUT2D eigenvalue weighted by Crippen LogP contribution is -2.21. The first-order valence-corrected chi connectivity index (χ1v) is 12.8. The fraction of sp³-hybridized carbons (Fsp3) is 0.333. The van der Waals surface area contributed by atoms with Gasteiger partial charge in [0.2, 0.25) is 0 Å². The molecule has 7 heteroatoms. The van der Waals surface area contributed by atoms with Crippen LogP contribution in [-0.2, 0) is 20.0 Å². The quantitative estimate of drug-likeness (QED) is 0.306. The van der Waals surface area contributed by atoms with E-state index in [1.165, 1.54) is 0 Å². The van der Waals surface area contributed by atoms with E-state index in [-0.39, 0.29) is 5.56 Å². The van der Waals surface area contributed by atoms with E-state index < -0.39 is 5.91 Å². The number of unbranched alkanes of at least 4 members (excludes halogenated alkanes) is 2. The van der Waals surface area contributed by atoms with Gasteiger partial charge in [0.15, 0.2) is 0 Å². The Kier molecular flexibility index (Phi) is 7.71. The third-order valence-corrected chi connectivity index (χ3v) is 7.22. The topological polar surface area (TPSA) is 84.2 Å². The molecular weight excluding hydrogens is 464 g/mol. The van der Waals surface area contributed by atoms with Crippen LogP contribution in [0.1, 0.15) is 59.2 Å². The molecule has 2 heterocycles. The van der Waals surface area contributed by atoms with Crippen molar-refractivity contribution in [2.75, 3.05) is 7.11 Å². The van der Waals surface area contributed by atoms with Crippen molar-refractivity contribution in [1.29, 1.82) is 0 Å². The summed E-state index contributed by atoms with van der Waals surface area (Å²) in [7, 11) is 3.52. The first-order chi connectivity index (χ1) is 17.8. The van der Waals surface area contributed by atoms with Gasteiger partial charge < -0.3 is 15.0 Å². The average molecular weight is 501 g/mol. The summed E-state index contributed by atoms with van der Waals surface area (Å²) < 4.78 is 11.2. The summed E-state index contributed by atoms with van der Waals surface area (Å²) in [5.41, 5.74) is 11.7. The monoisotopic (exact) mass is 500 g/mol. The van der Waals surface area contributed by atoms with Crippen molar-refractivity contribution >= 4 is 5.91 Å². The largest absolute Gasteiger partial charge is 0.496 e. The lowest BCUT2D eigenvalue weighted by molar-refractivity contribution is 0.1000. The van der Waals surface area contributed by atoms with Crippen LogP contribution in [-0.4, -0.2) is 26.9 Å².